The monoisotopic (exact) mass is 260 g/mol. The molecule has 0 bridgehead atoms. The highest BCUT2D eigenvalue weighted by Gasteiger charge is 2.37. The van der Waals surface area contributed by atoms with Gasteiger partial charge in [0.05, 0.1) is 0 Å². The van der Waals surface area contributed by atoms with Crippen LogP contribution in [-0.2, 0) is 6.18 Å². The molecule has 0 radical (unpaired) electrons. The molecule has 1 heterocycles. The van der Waals surface area contributed by atoms with Gasteiger partial charge in [0, 0.05) is 0 Å². The molecule has 0 spiro atoms. The lowest BCUT2D eigenvalue weighted by molar-refractivity contribution is -0.138. The minimum absolute atomic E-state index is 0.352. The van der Waals surface area contributed by atoms with Crippen molar-refractivity contribution in [2.75, 3.05) is 0 Å². The lowest BCUT2D eigenvalue weighted by Crippen LogP contribution is -2.08. The number of halogens is 5. The molecular formula is C5HBrClF3N2. The molecule has 7 heteroatoms. The number of hydrogen-bond donors (Lipinski definition) is 0. The number of aromatic nitrogens is 2. The van der Waals surface area contributed by atoms with Gasteiger partial charge in [-0.25, -0.2) is 9.97 Å². The first-order valence-electron chi connectivity index (χ1n) is 2.66. The van der Waals surface area contributed by atoms with Crippen molar-refractivity contribution in [2.45, 2.75) is 6.18 Å². The predicted octanol–water partition coefficient (Wildman–Crippen LogP) is 2.91. The zero-order valence-corrected chi connectivity index (χ0v) is 7.70. The molecule has 0 aliphatic rings. The van der Waals surface area contributed by atoms with Gasteiger partial charge < -0.3 is 0 Å². The lowest BCUT2D eigenvalue weighted by atomic mass is 10.3. The van der Waals surface area contributed by atoms with Crippen LogP contribution >= 0.6 is 27.5 Å². The van der Waals surface area contributed by atoms with Crippen molar-refractivity contribution in [1.29, 1.82) is 0 Å². The minimum Gasteiger partial charge on any atom is -0.229 e. The van der Waals surface area contributed by atoms with Crippen molar-refractivity contribution in [3.8, 4) is 0 Å². The molecule has 1 aromatic heterocycles. The Morgan fingerprint density at radius 1 is 1.33 bits per heavy atom. The Hall–Kier alpha value is -0.360. The zero-order chi connectivity index (χ0) is 9.35. The summed E-state index contributed by atoms with van der Waals surface area (Å²) in [5.41, 5.74) is -1.05. The minimum atomic E-state index is -4.53. The molecule has 0 aliphatic carbocycles. The van der Waals surface area contributed by atoms with Gasteiger partial charge in [0.15, 0.2) is 0 Å². The van der Waals surface area contributed by atoms with Gasteiger partial charge in [0.25, 0.3) is 0 Å². The second-order valence-corrected chi connectivity index (χ2v) is 2.94. The van der Waals surface area contributed by atoms with Crippen molar-refractivity contribution in [2.24, 2.45) is 0 Å². The van der Waals surface area contributed by atoms with E-state index in [-0.39, 0.29) is 4.60 Å². The van der Waals surface area contributed by atoms with E-state index in [1.165, 1.54) is 0 Å². The van der Waals surface area contributed by atoms with E-state index in [4.69, 9.17) is 11.6 Å². The second kappa shape index (κ2) is 3.18. The van der Waals surface area contributed by atoms with Crippen LogP contribution in [0.25, 0.3) is 0 Å². The van der Waals surface area contributed by atoms with E-state index in [0.29, 0.717) is 0 Å². The highest BCUT2D eigenvalue weighted by molar-refractivity contribution is 9.10. The van der Waals surface area contributed by atoms with Crippen LogP contribution < -0.4 is 0 Å². The van der Waals surface area contributed by atoms with Gasteiger partial charge in [-0.05, 0) is 15.9 Å². The molecule has 0 unspecified atom stereocenters. The number of hydrogen-bond acceptors (Lipinski definition) is 2. The normalized spacial score (nSPS) is 11.8. The van der Waals surface area contributed by atoms with E-state index < -0.39 is 16.9 Å². The van der Waals surface area contributed by atoms with E-state index in [2.05, 4.69) is 25.9 Å². The molecule has 0 atom stereocenters. The van der Waals surface area contributed by atoms with E-state index in [0.717, 1.165) is 6.33 Å². The van der Waals surface area contributed by atoms with Crippen LogP contribution in [0.3, 0.4) is 0 Å². The zero-order valence-electron chi connectivity index (χ0n) is 5.36. The lowest BCUT2D eigenvalue weighted by Gasteiger charge is -2.08. The van der Waals surface area contributed by atoms with Crippen LogP contribution in [0, 0.1) is 0 Å². The van der Waals surface area contributed by atoms with Gasteiger partial charge in [-0.2, -0.15) is 13.2 Å². The third-order valence-electron chi connectivity index (χ3n) is 1.04. The second-order valence-electron chi connectivity index (χ2n) is 1.83. The molecule has 0 aliphatic heterocycles. The van der Waals surface area contributed by atoms with Crippen molar-refractivity contribution >= 4 is 27.5 Å². The van der Waals surface area contributed by atoms with Crippen LogP contribution in [0.5, 0.6) is 0 Å². The molecule has 0 saturated carbocycles. The Balaban J connectivity index is 3.31. The van der Waals surface area contributed by atoms with Gasteiger partial charge in [0.1, 0.15) is 21.6 Å². The predicted molar refractivity (Wildman–Crippen MR) is 39.7 cm³/mol. The average molecular weight is 261 g/mol. The van der Waals surface area contributed by atoms with Crippen LogP contribution in [0.1, 0.15) is 5.56 Å². The first kappa shape index (κ1) is 9.73. The Kier molecular flexibility index (Phi) is 2.58. The summed E-state index contributed by atoms with van der Waals surface area (Å²) in [6.45, 7) is 0. The van der Waals surface area contributed by atoms with Crippen LogP contribution in [-0.4, -0.2) is 9.97 Å². The third kappa shape index (κ3) is 1.87. The largest absolute Gasteiger partial charge is 0.421 e. The fraction of sp³-hybridized carbons (Fsp3) is 0.200. The maximum absolute atomic E-state index is 12.1. The molecule has 12 heavy (non-hydrogen) atoms. The summed E-state index contributed by atoms with van der Waals surface area (Å²) in [5, 5.41) is -0.607. The summed E-state index contributed by atoms with van der Waals surface area (Å²) >= 11 is 7.84. The summed E-state index contributed by atoms with van der Waals surface area (Å²) < 4.78 is 36.0. The van der Waals surface area contributed by atoms with Crippen LogP contribution in [0.4, 0.5) is 13.2 Å². The molecule has 0 saturated heterocycles. The molecule has 1 rings (SSSR count). The first-order chi connectivity index (χ1) is 5.43. The van der Waals surface area contributed by atoms with E-state index in [9.17, 15) is 13.2 Å². The molecule has 0 aromatic carbocycles. The summed E-state index contributed by atoms with van der Waals surface area (Å²) in [6.07, 6.45) is -3.58. The number of alkyl halides is 3. The standard InChI is InChI=1S/C5HBrClF3N2/c6-3-2(5(8,9)10)4(7)12-1-11-3/h1H. The molecule has 66 valence electrons. The Labute approximate surface area is 78.9 Å². The molecule has 0 amide bonds. The number of nitrogens with zero attached hydrogens (tertiary/aromatic N) is 2. The average Bonchev–Trinajstić information content (AvgIpc) is 1.82. The fourth-order valence-electron chi connectivity index (χ4n) is 0.578. The summed E-state index contributed by atoms with van der Waals surface area (Å²) in [5.74, 6) is 0. The molecule has 1 aromatic rings. The van der Waals surface area contributed by atoms with E-state index in [1.807, 2.05) is 0 Å². The summed E-state index contributed by atoms with van der Waals surface area (Å²) in [7, 11) is 0. The molecule has 0 N–H and O–H groups in total. The molecule has 0 fully saturated rings. The van der Waals surface area contributed by atoms with E-state index in [1.54, 1.807) is 0 Å². The fourth-order valence-corrected chi connectivity index (χ4v) is 1.44. The van der Waals surface area contributed by atoms with Crippen LogP contribution in [0.2, 0.25) is 5.15 Å². The van der Waals surface area contributed by atoms with Gasteiger partial charge in [-0.1, -0.05) is 11.6 Å². The Morgan fingerprint density at radius 2 is 1.92 bits per heavy atom. The summed E-state index contributed by atoms with van der Waals surface area (Å²) in [4.78, 5) is 6.52. The topological polar surface area (TPSA) is 25.8 Å². The Morgan fingerprint density at radius 3 is 2.25 bits per heavy atom. The third-order valence-corrected chi connectivity index (χ3v) is 1.93. The Bertz CT molecular complexity index is 281. The number of rotatable bonds is 0. The molecule has 2 nitrogen and oxygen atoms in total. The maximum atomic E-state index is 12.1. The van der Waals surface area contributed by atoms with Crippen LogP contribution in [0.15, 0.2) is 10.9 Å². The van der Waals surface area contributed by atoms with Gasteiger partial charge in [-0.15, -0.1) is 0 Å². The highest BCUT2D eigenvalue weighted by atomic mass is 79.9. The smallest absolute Gasteiger partial charge is 0.229 e. The van der Waals surface area contributed by atoms with Gasteiger partial charge in [0.2, 0.25) is 0 Å². The van der Waals surface area contributed by atoms with E-state index >= 15 is 0 Å². The van der Waals surface area contributed by atoms with Crippen molar-refractivity contribution in [1.82, 2.24) is 9.97 Å². The maximum Gasteiger partial charge on any atom is 0.421 e. The van der Waals surface area contributed by atoms with Gasteiger partial charge in [-0.3, -0.25) is 0 Å². The van der Waals surface area contributed by atoms with Crippen molar-refractivity contribution in [3.05, 3.63) is 21.6 Å². The highest BCUT2D eigenvalue weighted by Crippen LogP contribution is 2.37. The van der Waals surface area contributed by atoms with Crippen molar-refractivity contribution in [3.63, 3.8) is 0 Å². The van der Waals surface area contributed by atoms with Gasteiger partial charge >= 0.3 is 6.18 Å². The van der Waals surface area contributed by atoms with Crippen molar-refractivity contribution < 1.29 is 13.2 Å². The quantitative estimate of drug-likeness (QED) is 0.671. The summed E-state index contributed by atoms with van der Waals surface area (Å²) in [6, 6.07) is 0. The molecular weight excluding hydrogens is 260 g/mol. The SMILES string of the molecule is FC(F)(F)c1c(Cl)ncnc1Br. The first-order valence-corrected chi connectivity index (χ1v) is 3.83.